The van der Waals surface area contributed by atoms with E-state index in [2.05, 4.69) is 30.1 Å². The number of likely N-dealkylation sites (tertiary alicyclic amines) is 1. The second kappa shape index (κ2) is 8.39. The number of hydrogen-bond donors (Lipinski definition) is 1. The maximum absolute atomic E-state index is 5.77. The van der Waals surface area contributed by atoms with E-state index in [-0.39, 0.29) is 0 Å². The second-order valence-corrected chi connectivity index (χ2v) is 6.17. The van der Waals surface area contributed by atoms with Crippen molar-refractivity contribution < 1.29 is 9.47 Å². The molecule has 0 bridgehead atoms. The van der Waals surface area contributed by atoms with Crippen LogP contribution >= 0.6 is 0 Å². The molecule has 1 N–H and O–H groups in total. The summed E-state index contributed by atoms with van der Waals surface area (Å²) in [4.78, 5) is 2.55. The first-order valence-corrected chi connectivity index (χ1v) is 8.41. The lowest BCUT2D eigenvalue weighted by atomic mass is 10.0. The number of piperidine rings is 1. The Hall–Kier alpha value is -1.26. The van der Waals surface area contributed by atoms with Crippen LogP contribution in [0, 0.1) is 0 Å². The third-order valence-corrected chi connectivity index (χ3v) is 4.41. The molecule has 2 rings (SSSR count). The van der Waals surface area contributed by atoms with Crippen molar-refractivity contribution in [1.82, 2.24) is 10.2 Å². The SMILES string of the molecule is CCOc1c(CNC2CCN(C(C)C)CC2)cccc1OC. The highest BCUT2D eigenvalue weighted by Gasteiger charge is 2.21. The number of methoxy groups -OCH3 is 1. The van der Waals surface area contributed by atoms with E-state index in [9.17, 15) is 0 Å². The Morgan fingerprint density at radius 3 is 2.59 bits per heavy atom. The smallest absolute Gasteiger partial charge is 0.165 e. The number of nitrogens with zero attached hydrogens (tertiary/aromatic N) is 1. The molecule has 0 aromatic heterocycles. The van der Waals surface area contributed by atoms with Gasteiger partial charge < -0.3 is 19.7 Å². The molecule has 1 fully saturated rings. The number of ether oxygens (including phenoxy) is 2. The maximum atomic E-state index is 5.77. The molecular formula is C18H30N2O2. The molecule has 124 valence electrons. The topological polar surface area (TPSA) is 33.7 Å². The molecule has 0 amide bonds. The number of rotatable bonds is 7. The van der Waals surface area contributed by atoms with E-state index in [1.54, 1.807) is 7.11 Å². The lowest BCUT2D eigenvalue weighted by Gasteiger charge is -2.35. The molecule has 4 heteroatoms. The molecule has 1 saturated heterocycles. The van der Waals surface area contributed by atoms with Gasteiger partial charge in [0, 0.05) is 24.2 Å². The molecule has 1 aromatic rings. The van der Waals surface area contributed by atoms with Gasteiger partial charge in [0.1, 0.15) is 0 Å². The first kappa shape index (κ1) is 17.1. The van der Waals surface area contributed by atoms with Gasteiger partial charge in [-0.05, 0) is 52.8 Å². The molecule has 0 radical (unpaired) electrons. The van der Waals surface area contributed by atoms with Gasteiger partial charge in [0.2, 0.25) is 0 Å². The largest absolute Gasteiger partial charge is 0.493 e. The molecule has 0 atom stereocenters. The molecule has 0 aliphatic carbocycles. The van der Waals surface area contributed by atoms with E-state index in [1.165, 1.54) is 31.5 Å². The average Bonchev–Trinajstić information content (AvgIpc) is 2.54. The number of benzene rings is 1. The van der Waals surface area contributed by atoms with E-state index >= 15 is 0 Å². The maximum Gasteiger partial charge on any atom is 0.165 e. The fraction of sp³-hybridized carbons (Fsp3) is 0.667. The van der Waals surface area contributed by atoms with Crippen LogP contribution in [0.5, 0.6) is 11.5 Å². The van der Waals surface area contributed by atoms with Gasteiger partial charge in [-0.15, -0.1) is 0 Å². The Morgan fingerprint density at radius 2 is 2.00 bits per heavy atom. The minimum atomic E-state index is 0.593. The fourth-order valence-electron chi connectivity index (χ4n) is 3.04. The van der Waals surface area contributed by atoms with Gasteiger partial charge in [-0.25, -0.2) is 0 Å². The van der Waals surface area contributed by atoms with Crippen molar-refractivity contribution >= 4 is 0 Å². The summed E-state index contributed by atoms with van der Waals surface area (Å²) in [5.74, 6) is 1.69. The van der Waals surface area contributed by atoms with Crippen molar-refractivity contribution in [3.63, 3.8) is 0 Å². The Labute approximate surface area is 134 Å². The first-order valence-electron chi connectivity index (χ1n) is 8.41. The monoisotopic (exact) mass is 306 g/mol. The summed E-state index contributed by atoms with van der Waals surface area (Å²) in [7, 11) is 1.69. The summed E-state index contributed by atoms with van der Waals surface area (Å²) in [6.45, 7) is 10.4. The van der Waals surface area contributed by atoms with Gasteiger partial charge in [-0.2, -0.15) is 0 Å². The lowest BCUT2D eigenvalue weighted by molar-refractivity contribution is 0.160. The summed E-state index contributed by atoms with van der Waals surface area (Å²) in [6, 6.07) is 7.35. The molecule has 1 aliphatic heterocycles. The summed E-state index contributed by atoms with van der Waals surface area (Å²) in [5.41, 5.74) is 1.17. The van der Waals surface area contributed by atoms with Crippen molar-refractivity contribution in [3.8, 4) is 11.5 Å². The van der Waals surface area contributed by atoms with Crippen LogP contribution in [0.1, 0.15) is 39.2 Å². The summed E-state index contributed by atoms with van der Waals surface area (Å²) in [5, 5.41) is 3.69. The van der Waals surface area contributed by atoms with Gasteiger partial charge in [-0.3, -0.25) is 0 Å². The van der Waals surface area contributed by atoms with E-state index in [0.29, 0.717) is 18.7 Å². The quantitative estimate of drug-likeness (QED) is 0.839. The predicted molar refractivity (Wildman–Crippen MR) is 90.7 cm³/mol. The van der Waals surface area contributed by atoms with Crippen LogP contribution in [-0.4, -0.2) is 43.8 Å². The van der Waals surface area contributed by atoms with Crippen molar-refractivity contribution in [1.29, 1.82) is 0 Å². The van der Waals surface area contributed by atoms with E-state index in [0.717, 1.165) is 18.0 Å². The number of para-hydroxylation sites is 1. The Bertz CT molecular complexity index is 454. The van der Waals surface area contributed by atoms with Crippen molar-refractivity contribution in [3.05, 3.63) is 23.8 Å². The van der Waals surface area contributed by atoms with Crippen LogP contribution < -0.4 is 14.8 Å². The predicted octanol–water partition coefficient (Wildman–Crippen LogP) is 3.06. The molecular weight excluding hydrogens is 276 g/mol. The highest BCUT2D eigenvalue weighted by Crippen LogP contribution is 2.31. The molecule has 0 unspecified atom stereocenters. The standard InChI is InChI=1S/C18H30N2O2/c1-5-22-18-15(7-6-8-17(18)21-4)13-19-16-9-11-20(12-10-16)14(2)3/h6-8,14,16,19H,5,9-13H2,1-4H3. The number of hydrogen-bond acceptors (Lipinski definition) is 4. The summed E-state index contributed by atoms with van der Waals surface area (Å²) < 4.78 is 11.2. The van der Waals surface area contributed by atoms with Crippen LogP contribution in [0.25, 0.3) is 0 Å². The molecule has 0 saturated carbocycles. The van der Waals surface area contributed by atoms with E-state index in [4.69, 9.17) is 9.47 Å². The van der Waals surface area contributed by atoms with E-state index in [1.807, 2.05) is 19.1 Å². The van der Waals surface area contributed by atoms with Crippen LogP contribution in [-0.2, 0) is 6.54 Å². The van der Waals surface area contributed by atoms with Gasteiger partial charge in [0.05, 0.1) is 13.7 Å². The summed E-state index contributed by atoms with van der Waals surface area (Å²) >= 11 is 0. The van der Waals surface area contributed by atoms with Gasteiger partial charge >= 0.3 is 0 Å². The van der Waals surface area contributed by atoms with Crippen LogP contribution in [0.3, 0.4) is 0 Å². The average molecular weight is 306 g/mol. The zero-order valence-electron chi connectivity index (χ0n) is 14.4. The highest BCUT2D eigenvalue weighted by molar-refractivity contribution is 5.46. The second-order valence-electron chi connectivity index (χ2n) is 6.17. The zero-order chi connectivity index (χ0) is 15.9. The Kier molecular flexibility index (Phi) is 6.52. The Balaban J connectivity index is 1.92. The lowest BCUT2D eigenvalue weighted by Crippen LogP contribution is -2.44. The molecule has 22 heavy (non-hydrogen) atoms. The zero-order valence-corrected chi connectivity index (χ0v) is 14.4. The van der Waals surface area contributed by atoms with Crippen LogP contribution in [0.15, 0.2) is 18.2 Å². The van der Waals surface area contributed by atoms with Gasteiger partial charge in [-0.1, -0.05) is 12.1 Å². The van der Waals surface area contributed by atoms with Gasteiger partial charge in [0.15, 0.2) is 11.5 Å². The summed E-state index contributed by atoms with van der Waals surface area (Å²) in [6.07, 6.45) is 2.43. The number of nitrogens with one attached hydrogen (secondary N) is 1. The third kappa shape index (κ3) is 4.37. The molecule has 4 nitrogen and oxygen atoms in total. The van der Waals surface area contributed by atoms with E-state index < -0.39 is 0 Å². The van der Waals surface area contributed by atoms with Crippen LogP contribution in [0.2, 0.25) is 0 Å². The molecule has 0 spiro atoms. The minimum absolute atomic E-state index is 0.593. The molecule has 1 aromatic carbocycles. The molecule has 1 heterocycles. The third-order valence-electron chi connectivity index (χ3n) is 4.41. The minimum Gasteiger partial charge on any atom is -0.493 e. The normalized spacial score (nSPS) is 17.0. The Morgan fingerprint density at radius 1 is 1.27 bits per heavy atom. The van der Waals surface area contributed by atoms with Crippen molar-refractivity contribution in [2.45, 2.75) is 52.2 Å². The van der Waals surface area contributed by atoms with Gasteiger partial charge in [0.25, 0.3) is 0 Å². The first-order chi connectivity index (χ1) is 10.7. The fourth-order valence-corrected chi connectivity index (χ4v) is 3.04. The molecule has 1 aliphatic rings. The highest BCUT2D eigenvalue weighted by atomic mass is 16.5. The van der Waals surface area contributed by atoms with Crippen molar-refractivity contribution in [2.24, 2.45) is 0 Å². The van der Waals surface area contributed by atoms with Crippen LogP contribution in [0.4, 0.5) is 0 Å². The van der Waals surface area contributed by atoms with Crippen molar-refractivity contribution in [2.75, 3.05) is 26.8 Å².